The number of rotatable bonds is 28. The summed E-state index contributed by atoms with van der Waals surface area (Å²) in [4.78, 5) is 130. The number of carboxylic acid groups (broad SMARTS) is 2. The lowest BCUT2D eigenvalue weighted by atomic mass is 10.0. The van der Waals surface area contributed by atoms with Crippen LogP contribution in [0.1, 0.15) is 64.4 Å². The van der Waals surface area contributed by atoms with E-state index in [1.807, 2.05) is 0 Å². The predicted molar refractivity (Wildman–Crippen MR) is 236 cm³/mol. The van der Waals surface area contributed by atoms with Crippen molar-refractivity contribution in [3.63, 3.8) is 0 Å². The van der Waals surface area contributed by atoms with Crippen LogP contribution in [-0.2, 0) is 54.4 Å². The number of nitrogens with one attached hydrogen (secondary N) is 6. The lowest BCUT2D eigenvalue weighted by Crippen LogP contribution is -2.58. The Balaban J connectivity index is 2.27. The third kappa shape index (κ3) is 18.6. The van der Waals surface area contributed by atoms with Gasteiger partial charge in [0.1, 0.15) is 42.0 Å². The molecule has 22 nitrogen and oxygen atoms in total. The van der Waals surface area contributed by atoms with Crippen molar-refractivity contribution >= 4 is 82.7 Å². The van der Waals surface area contributed by atoms with Gasteiger partial charge in [0, 0.05) is 19.4 Å². The molecule has 0 radical (unpaired) electrons. The minimum Gasteiger partial charge on any atom is -0.508 e. The van der Waals surface area contributed by atoms with Gasteiger partial charge in [0.05, 0.1) is 19.0 Å². The molecule has 1 aliphatic rings. The molecule has 0 spiro atoms. The monoisotopic (exact) mass is 939 g/mol. The highest BCUT2D eigenvalue weighted by molar-refractivity contribution is 7.98. The van der Waals surface area contributed by atoms with Crippen molar-refractivity contribution < 1.29 is 63.3 Å². The molecule has 1 aliphatic heterocycles. The van der Waals surface area contributed by atoms with Crippen molar-refractivity contribution in [2.24, 2.45) is 17.4 Å². The number of carbonyl (C=O) groups excluding carboxylic acids is 8. The molecule has 0 bridgehead atoms. The van der Waals surface area contributed by atoms with E-state index in [0.29, 0.717) is 23.5 Å². The number of phenols is 1. The number of amides is 8. The van der Waals surface area contributed by atoms with Crippen LogP contribution in [0, 0.1) is 5.92 Å². The molecule has 0 aromatic heterocycles. The van der Waals surface area contributed by atoms with Gasteiger partial charge in [-0.2, -0.15) is 23.5 Å². The number of carboxylic acids is 2. The van der Waals surface area contributed by atoms with E-state index < -0.39 is 114 Å². The van der Waals surface area contributed by atoms with Crippen LogP contribution in [0.25, 0.3) is 0 Å². The fourth-order valence-corrected chi connectivity index (χ4v) is 7.37. The van der Waals surface area contributed by atoms with E-state index in [0.717, 1.165) is 0 Å². The predicted octanol–water partition coefficient (Wildman–Crippen LogP) is -2.22. The van der Waals surface area contributed by atoms with E-state index in [9.17, 15) is 63.3 Å². The zero-order valence-electron chi connectivity index (χ0n) is 36.3. The third-order valence-electron chi connectivity index (χ3n) is 10.1. The summed E-state index contributed by atoms with van der Waals surface area (Å²) in [6.45, 7) is 2.72. The van der Waals surface area contributed by atoms with Crippen LogP contribution < -0.4 is 43.4 Å². The van der Waals surface area contributed by atoms with Crippen LogP contribution >= 0.6 is 23.5 Å². The van der Waals surface area contributed by atoms with Crippen molar-refractivity contribution in [2.75, 3.05) is 37.1 Å². The van der Waals surface area contributed by atoms with Crippen LogP contribution in [-0.4, -0.2) is 159 Å². The first-order valence-electron chi connectivity index (χ1n) is 20.5. The van der Waals surface area contributed by atoms with Crippen LogP contribution in [0.3, 0.4) is 0 Å². The van der Waals surface area contributed by atoms with Gasteiger partial charge in [-0.1, -0.05) is 26.0 Å². The first-order chi connectivity index (χ1) is 30.2. The Kier molecular flexibility index (Phi) is 23.5. The van der Waals surface area contributed by atoms with Crippen LogP contribution in [0.2, 0.25) is 0 Å². The second-order valence-electron chi connectivity index (χ2n) is 15.4. The number of aliphatic carboxylic acids is 2. The highest BCUT2D eigenvalue weighted by atomic mass is 32.2. The number of aromatic hydroxyl groups is 1. The molecule has 1 saturated heterocycles. The SMILES string of the molecule is CSCC[C@H](NC(=O)[C@@H](N)C(C)C)C(=O)N[C@@H](CC(=O)O)C(=O)NCC(=O)N[C@@H](Cc1ccc(O)cc1)C(=O)N1CCC[C@H]1C(=O)N[C@@H](CCSC)C(=O)N[C@@H](CCC(N)=O)C(=O)O. The average molecular weight is 940 g/mol. The van der Waals surface area contributed by atoms with Crippen molar-refractivity contribution in [3.05, 3.63) is 29.8 Å². The summed E-state index contributed by atoms with van der Waals surface area (Å²) in [5.41, 5.74) is 11.6. The summed E-state index contributed by atoms with van der Waals surface area (Å²) in [6.07, 6.45) is 2.66. The van der Waals surface area contributed by atoms with Gasteiger partial charge in [-0.15, -0.1) is 0 Å². The van der Waals surface area contributed by atoms with E-state index in [1.54, 1.807) is 26.4 Å². The van der Waals surface area contributed by atoms with Crippen LogP contribution in [0.4, 0.5) is 0 Å². The van der Waals surface area contributed by atoms with Crippen LogP contribution in [0.5, 0.6) is 5.75 Å². The van der Waals surface area contributed by atoms with E-state index in [1.165, 1.54) is 52.7 Å². The largest absolute Gasteiger partial charge is 0.508 e. The minimum atomic E-state index is -1.68. The fourth-order valence-electron chi connectivity index (χ4n) is 6.43. The fraction of sp³-hybridized carbons (Fsp3) is 0.600. The molecule has 8 amide bonds. The Morgan fingerprint density at radius 2 is 1.31 bits per heavy atom. The number of nitrogens with zero attached hydrogens (tertiary/aromatic N) is 1. The Morgan fingerprint density at radius 3 is 1.84 bits per heavy atom. The average Bonchev–Trinajstić information content (AvgIpc) is 3.74. The van der Waals surface area contributed by atoms with Gasteiger partial charge in [-0.25, -0.2) is 4.79 Å². The Hall–Kier alpha value is -5.62. The van der Waals surface area contributed by atoms with Gasteiger partial charge in [0.15, 0.2) is 0 Å². The number of carbonyl (C=O) groups is 10. The van der Waals surface area contributed by atoms with Crippen molar-refractivity contribution in [3.8, 4) is 5.75 Å². The lowest BCUT2D eigenvalue weighted by molar-refractivity contribution is -0.143. The lowest BCUT2D eigenvalue weighted by Gasteiger charge is -2.30. The molecule has 1 aromatic rings. The normalized spacial score (nSPS) is 16.2. The van der Waals surface area contributed by atoms with Crippen molar-refractivity contribution in [1.82, 2.24) is 36.8 Å². The first-order valence-corrected chi connectivity index (χ1v) is 23.3. The number of primary amides is 1. The first kappa shape index (κ1) is 54.5. The zero-order chi connectivity index (χ0) is 48.1. The number of likely N-dealkylation sites (tertiary alicyclic amines) is 1. The molecule has 2 rings (SSSR count). The van der Waals surface area contributed by atoms with E-state index >= 15 is 0 Å². The zero-order valence-corrected chi connectivity index (χ0v) is 37.9. The highest BCUT2D eigenvalue weighted by Gasteiger charge is 2.39. The van der Waals surface area contributed by atoms with Gasteiger partial charge >= 0.3 is 11.9 Å². The number of hydrogen-bond acceptors (Lipinski definition) is 14. The second kappa shape index (κ2) is 27.5. The number of hydrogen-bond donors (Lipinski definition) is 11. The molecule has 24 heteroatoms. The number of nitrogens with two attached hydrogens (primary N) is 2. The van der Waals surface area contributed by atoms with Gasteiger partial charge in [0.2, 0.25) is 47.3 Å². The molecular weight excluding hydrogens is 879 g/mol. The van der Waals surface area contributed by atoms with Gasteiger partial charge < -0.3 is 63.6 Å². The Bertz CT molecular complexity index is 1820. The maximum Gasteiger partial charge on any atom is 0.326 e. The molecule has 356 valence electrons. The van der Waals surface area contributed by atoms with Gasteiger partial charge in [-0.3, -0.25) is 43.2 Å². The third-order valence-corrected chi connectivity index (χ3v) is 11.4. The molecule has 1 heterocycles. The Morgan fingerprint density at radius 1 is 0.750 bits per heavy atom. The summed E-state index contributed by atoms with van der Waals surface area (Å²) in [5.74, 6) is -8.85. The van der Waals surface area contributed by atoms with Gasteiger partial charge in [0.25, 0.3) is 0 Å². The summed E-state index contributed by atoms with van der Waals surface area (Å²) in [7, 11) is 0. The molecule has 0 saturated carbocycles. The highest BCUT2D eigenvalue weighted by Crippen LogP contribution is 2.21. The summed E-state index contributed by atoms with van der Waals surface area (Å²) >= 11 is 2.75. The molecule has 1 fully saturated rings. The maximum atomic E-state index is 14.2. The molecular formula is C40H61N9O13S2. The number of phenolic OH excluding ortho intramolecular Hbond substituents is 1. The smallest absolute Gasteiger partial charge is 0.326 e. The second-order valence-corrected chi connectivity index (χ2v) is 17.4. The summed E-state index contributed by atoms with van der Waals surface area (Å²) in [6, 6.07) is -3.22. The van der Waals surface area contributed by atoms with Crippen molar-refractivity contribution in [2.45, 2.75) is 108 Å². The van der Waals surface area contributed by atoms with Crippen LogP contribution in [0.15, 0.2) is 24.3 Å². The van der Waals surface area contributed by atoms with E-state index in [2.05, 4.69) is 31.9 Å². The van der Waals surface area contributed by atoms with Gasteiger partial charge in [-0.05, 0) is 79.7 Å². The maximum absolute atomic E-state index is 14.2. The summed E-state index contributed by atoms with van der Waals surface area (Å²) in [5, 5.41) is 43.7. The molecule has 7 atom stereocenters. The molecule has 0 unspecified atom stereocenters. The molecule has 0 aliphatic carbocycles. The molecule has 64 heavy (non-hydrogen) atoms. The number of thioether (sulfide) groups is 2. The quantitative estimate of drug-likeness (QED) is 0.0424. The standard InChI is InChI=1S/C40H61N9O13S2/c1-21(2)33(42)38(59)46-25(14-17-64-4)36(57)48-27(19-32(53)54)34(55)43-20-31(52)44-28(18-22-7-9-23(50)10-8-22)39(60)49-15-5-6-29(49)37(58)45-24(13-16-63-3)35(56)47-26(40(61)62)11-12-30(41)51/h7-10,21,24-29,33,50H,5-6,11-20,42H2,1-4H3,(H2,41,51)(H,43,55)(H,44,52)(H,45,58)(H,46,59)(H,47,56)(H,48,57)(H,53,54)(H,61,62)/t24-,25-,26-,27-,28-,29-,33-/m0/s1. The van der Waals surface area contributed by atoms with E-state index in [4.69, 9.17) is 11.5 Å². The summed E-state index contributed by atoms with van der Waals surface area (Å²) < 4.78 is 0. The van der Waals surface area contributed by atoms with Crippen molar-refractivity contribution in [1.29, 1.82) is 0 Å². The Labute approximate surface area is 379 Å². The molecule has 1 aromatic carbocycles. The molecule has 13 N–H and O–H groups in total. The number of benzene rings is 1. The van der Waals surface area contributed by atoms with E-state index in [-0.39, 0.29) is 56.7 Å². The minimum absolute atomic E-state index is 0.0719. The topological polar surface area (TPSA) is 359 Å².